The van der Waals surface area contributed by atoms with E-state index in [2.05, 4.69) is 15.5 Å². The Hall–Kier alpha value is -3.07. The van der Waals surface area contributed by atoms with E-state index >= 15 is 0 Å². The number of hydrogen-bond acceptors (Lipinski definition) is 7. The summed E-state index contributed by atoms with van der Waals surface area (Å²) in [6.07, 6.45) is 0.238. The third kappa shape index (κ3) is 5.01. The molecule has 28 heavy (non-hydrogen) atoms. The van der Waals surface area contributed by atoms with Gasteiger partial charge in [-0.2, -0.15) is 0 Å². The van der Waals surface area contributed by atoms with Gasteiger partial charge in [-0.15, -0.1) is 16.9 Å². The van der Waals surface area contributed by atoms with Crippen molar-refractivity contribution in [2.24, 2.45) is 0 Å². The number of hydrogen-bond donors (Lipinski definition) is 1. The number of rotatable bonds is 8. The lowest BCUT2D eigenvalue weighted by atomic mass is 10.2. The van der Waals surface area contributed by atoms with Crippen LogP contribution in [-0.2, 0) is 4.79 Å². The van der Waals surface area contributed by atoms with Crippen LogP contribution in [0.3, 0.4) is 0 Å². The Bertz CT molecular complexity index is 947. The van der Waals surface area contributed by atoms with Gasteiger partial charge in [0.2, 0.25) is 5.91 Å². The number of amides is 1. The van der Waals surface area contributed by atoms with E-state index in [1.54, 1.807) is 37.4 Å². The summed E-state index contributed by atoms with van der Waals surface area (Å²) in [5, 5.41) is 10.4. The molecule has 1 heterocycles. The Balaban J connectivity index is 1.58. The zero-order valence-electron chi connectivity index (χ0n) is 15.3. The van der Waals surface area contributed by atoms with Crippen molar-refractivity contribution in [3.63, 3.8) is 0 Å². The molecule has 146 valence electrons. The molecule has 0 radical (unpaired) electrons. The number of ether oxygens (including phenoxy) is 2. The summed E-state index contributed by atoms with van der Waals surface area (Å²) in [4.78, 5) is 13.0. The van der Waals surface area contributed by atoms with Crippen LogP contribution >= 0.6 is 11.8 Å². The molecule has 3 aromatic rings. The van der Waals surface area contributed by atoms with Crippen LogP contribution in [0.5, 0.6) is 11.5 Å². The number of halogens is 1. The van der Waals surface area contributed by atoms with Gasteiger partial charge >= 0.3 is 6.01 Å². The van der Waals surface area contributed by atoms with E-state index in [-0.39, 0.29) is 30.1 Å². The predicted octanol–water partition coefficient (Wildman–Crippen LogP) is 4.01. The molecule has 0 aliphatic rings. The van der Waals surface area contributed by atoms with Crippen molar-refractivity contribution in [2.45, 2.75) is 11.3 Å². The van der Waals surface area contributed by atoms with Gasteiger partial charge in [0.15, 0.2) is 0 Å². The highest BCUT2D eigenvalue weighted by molar-refractivity contribution is 7.99. The van der Waals surface area contributed by atoms with Crippen molar-refractivity contribution in [3.8, 4) is 23.0 Å². The molecular formula is C19H18FN3O4S. The van der Waals surface area contributed by atoms with Gasteiger partial charge in [0.05, 0.1) is 19.8 Å². The largest absolute Gasteiger partial charge is 0.497 e. The van der Waals surface area contributed by atoms with E-state index in [1.807, 2.05) is 0 Å². The lowest BCUT2D eigenvalue weighted by molar-refractivity contribution is -0.115. The fraction of sp³-hybridized carbons (Fsp3) is 0.211. The lowest BCUT2D eigenvalue weighted by Crippen LogP contribution is -2.12. The van der Waals surface area contributed by atoms with Crippen LogP contribution in [0.15, 0.2) is 51.8 Å². The Morgan fingerprint density at radius 1 is 1.14 bits per heavy atom. The minimum absolute atomic E-state index is 0.00310. The van der Waals surface area contributed by atoms with Crippen LogP contribution in [0, 0.1) is 5.82 Å². The summed E-state index contributed by atoms with van der Waals surface area (Å²) < 4.78 is 28.9. The summed E-state index contributed by atoms with van der Waals surface area (Å²) in [7, 11) is 3.08. The summed E-state index contributed by atoms with van der Waals surface area (Å²) in [6, 6.07) is 11.3. The Kier molecular flexibility index (Phi) is 6.49. The first-order chi connectivity index (χ1) is 13.6. The van der Waals surface area contributed by atoms with E-state index in [1.165, 1.54) is 31.0 Å². The van der Waals surface area contributed by atoms with Gasteiger partial charge in [-0.05, 0) is 42.5 Å². The lowest BCUT2D eigenvalue weighted by Gasteiger charge is -2.07. The van der Waals surface area contributed by atoms with Crippen molar-refractivity contribution in [1.29, 1.82) is 0 Å². The predicted molar refractivity (Wildman–Crippen MR) is 103 cm³/mol. The quantitative estimate of drug-likeness (QED) is 0.569. The van der Waals surface area contributed by atoms with E-state index in [4.69, 9.17) is 13.9 Å². The highest BCUT2D eigenvalue weighted by Gasteiger charge is 2.16. The second-order valence-corrected chi connectivity index (χ2v) is 6.75. The monoisotopic (exact) mass is 403 g/mol. The number of benzene rings is 2. The number of nitrogens with one attached hydrogen (secondary N) is 1. The zero-order valence-corrected chi connectivity index (χ0v) is 16.1. The van der Waals surface area contributed by atoms with Crippen molar-refractivity contribution < 1.29 is 23.1 Å². The number of anilines is 1. The normalized spacial score (nSPS) is 10.5. The second-order valence-electron chi connectivity index (χ2n) is 5.58. The van der Waals surface area contributed by atoms with E-state index in [0.29, 0.717) is 22.8 Å². The van der Waals surface area contributed by atoms with E-state index in [0.717, 1.165) is 4.90 Å². The SMILES string of the molecule is COc1ccc(OC)c(-c2nnc(NC(=O)CCSc3ccc(F)cc3)o2)c1. The molecule has 9 heteroatoms. The molecule has 0 unspecified atom stereocenters. The first-order valence-corrected chi connectivity index (χ1v) is 9.31. The van der Waals surface area contributed by atoms with Crippen molar-refractivity contribution >= 4 is 23.7 Å². The van der Waals surface area contributed by atoms with Crippen LogP contribution in [0.1, 0.15) is 6.42 Å². The molecule has 0 aliphatic carbocycles. The number of carbonyl (C=O) groups is 1. The topological polar surface area (TPSA) is 86.5 Å². The number of methoxy groups -OCH3 is 2. The molecule has 1 N–H and O–H groups in total. The minimum Gasteiger partial charge on any atom is -0.497 e. The van der Waals surface area contributed by atoms with Crippen molar-refractivity contribution in [2.75, 3.05) is 25.3 Å². The Labute approximate surface area is 165 Å². The summed E-state index contributed by atoms with van der Waals surface area (Å²) in [5.41, 5.74) is 0.557. The fourth-order valence-electron chi connectivity index (χ4n) is 2.34. The zero-order chi connectivity index (χ0) is 19.9. The maximum atomic E-state index is 12.9. The van der Waals surface area contributed by atoms with Gasteiger partial charge in [-0.3, -0.25) is 10.1 Å². The molecule has 0 fully saturated rings. The van der Waals surface area contributed by atoms with E-state index in [9.17, 15) is 9.18 Å². The van der Waals surface area contributed by atoms with Gasteiger partial charge in [-0.1, -0.05) is 5.10 Å². The smallest absolute Gasteiger partial charge is 0.322 e. The minimum atomic E-state index is -0.290. The van der Waals surface area contributed by atoms with Crippen LogP contribution in [0.4, 0.5) is 10.4 Å². The van der Waals surface area contributed by atoms with Gasteiger partial charge in [0.1, 0.15) is 17.3 Å². The fourth-order valence-corrected chi connectivity index (χ4v) is 3.19. The molecular weight excluding hydrogens is 385 g/mol. The third-order valence-electron chi connectivity index (χ3n) is 3.72. The van der Waals surface area contributed by atoms with Crippen LogP contribution < -0.4 is 14.8 Å². The number of aromatic nitrogens is 2. The third-order valence-corrected chi connectivity index (χ3v) is 4.73. The Morgan fingerprint density at radius 3 is 2.64 bits per heavy atom. The van der Waals surface area contributed by atoms with Crippen LogP contribution in [0.2, 0.25) is 0 Å². The second kappa shape index (κ2) is 9.23. The van der Waals surface area contributed by atoms with Gasteiger partial charge in [0, 0.05) is 17.1 Å². The summed E-state index contributed by atoms with van der Waals surface area (Å²) >= 11 is 1.45. The average molecular weight is 403 g/mol. The number of thioether (sulfide) groups is 1. The first-order valence-electron chi connectivity index (χ1n) is 8.33. The average Bonchev–Trinajstić information content (AvgIpc) is 3.17. The van der Waals surface area contributed by atoms with Crippen molar-refractivity contribution in [3.05, 3.63) is 48.3 Å². The molecule has 2 aromatic carbocycles. The Morgan fingerprint density at radius 2 is 1.93 bits per heavy atom. The number of nitrogens with zero attached hydrogens (tertiary/aromatic N) is 2. The first kappa shape index (κ1) is 19.7. The van der Waals surface area contributed by atoms with E-state index < -0.39 is 0 Å². The molecule has 0 saturated heterocycles. The molecule has 1 amide bonds. The summed E-state index contributed by atoms with van der Waals surface area (Å²) in [6.45, 7) is 0. The highest BCUT2D eigenvalue weighted by atomic mass is 32.2. The molecule has 0 spiro atoms. The highest BCUT2D eigenvalue weighted by Crippen LogP contribution is 2.33. The molecule has 0 bridgehead atoms. The van der Waals surface area contributed by atoms with Crippen LogP contribution in [-0.4, -0.2) is 36.1 Å². The molecule has 0 aliphatic heterocycles. The molecule has 3 rings (SSSR count). The van der Waals surface area contributed by atoms with Gasteiger partial charge in [0.25, 0.3) is 5.89 Å². The molecule has 1 aromatic heterocycles. The summed E-state index contributed by atoms with van der Waals surface area (Å²) in [5.74, 6) is 1.33. The molecule has 0 atom stereocenters. The standard InChI is InChI=1S/C19H18FN3O4S/c1-25-13-5-8-16(26-2)15(11-13)18-22-23-19(27-18)21-17(24)9-10-28-14-6-3-12(20)4-7-14/h3-8,11H,9-10H2,1-2H3,(H,21,23,24). The maximum absolute atomic E-state index is 12.9. The van der Waals surface area contributed by atoms with Crippen LogP contribution in [0.25, 0.3) is 11.5 Å². The molecule has 0 saturated carbocycles. The maximum Gasteiger partial charge on any atom is 0.322 e. The number of carbonyl (C=O) groups excluding carboxylic acids is 1. The molecule has 7 nitrogen and oxygen atoms in total. The van der Waals surface area contributed by atoms with Crippen molar-refractivity contribution in [1.82, 2.24) is 10.2 Å². The van der Waals surface area contributed by atoms with Gasteiger partial charge in [-0.25, -0.2) is 4.39 Å². The van der Waals surface area contributed by atoms with Gasteiger partial charge < -0.3 is 13.9 Å².